The van der Waals surface area contributed by atoms with Crippen molar-refractivity contribution in [3.8, 4) is 0 Å². The lowest BCUT2D eigenvalue weighted by Gasteiger charge is -2.18. The van der Waals surface area contributed by atoms with E-state index in [0.717, 1.165) is 22.2 Å². The Balaban J connectivity index is 2.19. The number of carbonyl (C=O) groups is 1. The van der Waals surface area contributed by atoms with Crippen molar-refractivity contribution in [3.63, 3.8) is 0 Å². The molecule has 0 bridgehead atoms. The molecule has 2 aromatic rings. The second kappa shape index (κ2) is 6.89. The number of carbonyl (C=O) groups excluding carboxylic acids is 1. The maximum absolute atomic E-state index is 12.6. The zero-order chi connectivity index (χ0) is 15.4. The Morgan fingerprint density at radius 3 is 2.67 bits per heavy atom. The quantitative estimate of drug-likeness (QED) is 0.828. The first-order valence-corrected chi connectivity index (χ1v) is 7.91. The lowest BCUT2D eigenvalue weighted by Crippen LogP contribution is -2.28. The molecule has 0 aliphatic carbocycles. The molecule has 1 aromatic heterocycles. The van der Waals surface area contributed by atoms with Crippen LogP contribution in [0.25, 0.3) is 0 Å². The van der Waals surface area contributed by atoms with Crippen LogP contribution in [0.5, 0.6) is 0 Å². The fourth-order valence-corrected chi connectivity index (χ4v) is 2.62. The Morgan fingerprint density at radius 2 is 2.05 bits per heavy atom. The van der Waals surface area contributed by atoms with Crippen LogP contribution < -0.4 is 0 Å². The van der Waals surface area contributed by atoms with Gasteiger partial charge in [0.2, 0.25) is 0 Å². The van der Waals surface area contributed by atoms with E-state index in [9.17, 15) is 4.79 Å². The van der Waals surface area contributed by atoms with Crippen LogP contribution in [0.3, 0.4) is 0 Å². The number of halogens is 1. The molecule has 21 heavy (non-hydrogen) atoms. The molecule has 112 valence electrons. The third-order valence-corrected chi connectivity index (χ3v) is 4.20. The monoisotopic (exact) mass is 349 g/mol. The van der Waals surface area contributed by atoms with Crippen molar-refractivity contribution >= 4 is 21.8 Å². The molecule has 4 nitrogen and oxygen atoms in total. The molecule has 0 saturated carbocycles. The van der Waals surface area contributed by atoms with Crippen LogP contribution in [0.1, 0.15) is 35.6 Å². The molecular formula is C16H20BrN3O. The van der Waals surface area contributed by atoms with Gasteiger partial charge >= 0.3 is 0 Å². The summed E-state index contributed by atoms with van der Waals surface area (Å²) in [6.07, 6.45) is 0.835. The van der Waals surface area contributed by atoms with Crippen LogP contribution >= 0.6 is 15.9 Å². The predicted octanol–water partition coefficient (Wildman–Crippen LogP) is 3.50. The standard InChI is InChI=1S/C16H20BrN3O/c1-4-13-10-15(20(5-2)18-13)16(21)19(3)11-12-8-6-7-9-14(12)17/h6-10H,4-5,11H2,1-3H3. The first-order chi connectivity index (χ1) is 10.1. The van der Waals surface area contributed by atoms with Crippen molar-refractivity contribution in [2.45, 2.75) is 33.4 Å². The van der Waals surface area contributed by atoms with Crippen molar-refractivity contribution in [1.29, 1.82) is 0 Å². The van der Waals surface area contributed by atoms with Gasteiger partial charge in [0, 0.05) is 24.6 Å². The van der Waals surface area contributed by atoms with Gasteiger partial charge in [-0.1, -0.05) is 41.1 Å². The van der Waals surface area contributed by atoms with Gasteiger partial charge in [-0.25, -0.2) is 0 Å². The summed E-state index contributed by atoms with van der Waals surface area (Å²) in [5.74, 6) is -0.000182. The molecule has 0 unspecified atom stereocenters. The summed E-state index contributed by atoms with van der Waals surface area (Å²) in [6, 6.07) is 9.84. The molecule has 1 heterocycles. The van der Waals surface area contributed by atoms with Crippen LogP contribution in [-0.4, -0.2) is 27.6 Å². The molecule has 0 N–H and O–H groups in total. The summed E-state index contributed by atoms with van der Waals surface area (Å²) in [4.78, 5) is 14.3. The minimum atomic E-state index is -0.000182. The number of benzene rings is 1. The molecule has 5 heteroatoms. The molecule has 0 aliphatic rings. The van der Waals surface area contributed by atoms with E-state index in [2.05, 4.69) is 21.0 Å². The second-order valence-corrected chi connectivity index (χ2v) is 5.80. The topological polar surface area (TPSA) is 38.1 Å². The van der Waals surface area contributed by atoms with E-state index in [4.69, 9.17) is 0 Å². The van der Waals surface area contributed by atoms with Gasteiger partial charge in [0.05, 0.1) is 5.69 Å². The van der Waals surface area contributed by atoms with Crippen LogP contribution in [0, 0.1) is 0 Å². The SMILES string of the molecule is CCc1cc(C(=O)N(C)Cc2ccccc2Br)n(CC)n1. The fraction of sp³-hybridized carbons (Fsp3) is 0.375. The van der Waals surface area contributed by atoms with Crippen LogP contribution in [0.15, 0.2) is 34.8 Å². The molecule has 0 radical (unpaired) electrons. The first-order valence-electron chi connectivity index (χ1n) is 7.12. The molecule has 0 fully saturated rings. The van der Waals surface area contributed by atoms with Crippen molar-refractivity contribution < 1.29 is 4.79 Å². The molecule has 1 amide bonds. The highest BCUT2D eigenvalue weighted by Gasteiger charge is 2.18. The number of aromatic nitrogens is 2. The minimum absolute atomic E-state index is 0.000182. The smallest absolute Gasteiger partial charge is 0.272 e. The summed E-state index contributed by atoms with van der Waals surface area (Å²) >= 11 is 3.52. The van der Waals surface area contributed by atoms with Gasteiger partial charge in [0.1, 0.15) is 5.69 Å². The van der Waals surface area contributed by atoms with Crippen LogP contribution in [0.4, 0.5) is 0 Å². The van der Waals surface area contributed by atoms with Gasteiger partial charge in [-0.05, 0) is 31.0 Å². The predicted molar refractivity (Wildman–Crippen MR) is 87.2 cm³/mol. The number of amides is 1. The third kappa shape index (κ3) is 3.53. The summed E-state index contributed by atoms with van der Waals surface area (Å²) in [6.45, 7) is 5.30. The van der Waals surface area contributed by atoms with Crippen molar-refractivity contribution in [3.05, 3.63) is 51.8 Å². The van der Waals surface area contributed by atoms with Crippen LogP contribution in [0.2, 0.25) is 0 Å². The van der Waals surface area contributed by atoms with E-state index in [1.807, 2.05) is 51.2 Å². The summed E-state index contributed by atoms with van der Waals surface area (Å²) in [5, 5.41) is 4.44. The first kappa shape index (κ1) is 15.8. The maximum Gasteiger partial charge on any atom is 0.272 e. The highest BCUT2D eigenvalue weighted by atomic mass is 79.9. The Kier molecular flexibility index (Phi) is 5.17. The van der Waals surface area contributed by atoms with Gasteiger partial charge in [0.15, 0.2) is 0 Å². The molecule has 2 rings (SSSR count). The van der Waals surface area contributed by atoms with Crippen molar-refractivity contribution in [2.75, 3.05) is 7.05 Å². The molecule has 0 spiro atoms. The number of hydrogen-bond donors (Lipinski definition) is 0. The lowest BCUT2D eigenvalue weighted by molar-refractivity contribution is 0.0772. The molecular weight excluding hydrogens is 330 g/mol. The maximum atomic E-state index is 12.6. The molecule has 0 aliphatic heterocycles. The van der Waals surface area contributed by atoms with Gasteiger partial charge in [-0.15, -0.1) is 0 Å². The molecule has 0 atom stereocenters. The van der Waals surface area contributed by atoms with Gasteiger partial charge in [-0.2, -0.15) is 5.10 Å². The van der Waals surface area contributed by atoms with Crippen LogP contribution in [-0.2, 0) is 19.5 Å². The Bertz CT molecular complexity index is 636. The molecule has 1 aromatic carbocycles. The Hall–Kier alpha value is -1.62. The number of rotatable bonds is 5. The largest absolute Gasteiger partial charge is 0.336 e. The summed E-state index contributed by atoms with van der Waals surface area (Å²) in [5.41, 5.74) is 2.70. The van der Waals surface area contributed by atoms with Gasteiger partial charge < -0.3 is 4.90 Å². The number of hydrogen-bond acceptors (Lipinski definition) is 2. The Morgan fingerprint density at radius 1 is 1.33 bits per heavy atom. The van der Waals surface area contributed by atoms with E-state index in [1.165, 1.54) is 0 Å². The molecule has 0 saturated heterocycles. The average molecular weight is 350 g/mol. The highest BCUT2D eigenvalue weighted by Crippen LogP contribution is 2.18. The van der Waals surface area contributed by atoms with Gasteiger partial charge in [0.25, 0.3) is 5.91 Å². The van der Waals surface area contributed by atoms with E-state index < -0.39 is 0 Å². The zero-order valence-electron chi connectivity index (χ0n) is 12.6. The average Bonchev–Trinajstić information content (AvgIpc) is 2.92. The van der Waals surface area contributed by atoms with Crippen molar-refractivity contribution in [1.82, 2.24) is 14.7 Å². The zero-order valence-corrected chi connectivity index (χ0v) is 14.2. The van der Waals surface area contributed by atoms with Crippen molar-refractivity contribution in [2.24, 2.45) is 0 Å². The highest BCUT2D eigenvalue weighted by molar-refractivity contribution is 9.10. The second-order valence-electron chi connectivity index (χ2n) is 4.94. The lowest BCUT2D eigenvalue weighted by atomic mass is 10.2. The fourth-order valence-electron chi connectivity index (χ4n) is 2.21. The van der Waals surface area contributed by atoms with E-state index >= 15 is 0 Å². The summed E-state index contributed by atoms with van der Waals surface area (Å²) in [7, 11) is 1.82. The van der Waals surface area contributed by atoms with E-state index in [0.29, 0.717) is 18.8 Å². The summed E-state index contributed by atoms with van der Waals surface area (Å²) < 4.78 is 2.79. The van der Waals surface area contributed by atoms with Gasteiger partial charge in [-0.3, -0.25) is 9.48 Å². The normalized spacial score (nSPS) is 10.7. The van der Waals surface area contributed by atoms with E-state index in [-0.39, 0.29) is 5.91 Å². The number of nitrogens with zero attached hydrogens (tertiary/aromatic N) is 3. The van der Waals surface area contributed by atoms with E-state index in [1.54, 1.807) is 9.58 Å². The third-order valence-electron chi connectivity index (χ3n) is 3.42. The minimum Gasteiger partial charge on any atom is -0.336 e. The Labute approximate surface area is 133 Å². The number of aryl methyl sites for hydroxylation is 2.